The maximum Gasteiger partial charge on any atom is 0.219 e. The van der Waals surface area contributed by atoms with Crippen LogP contribution >= 0.6 is 0 Å². The molecule has 1 amide bonds. The number of likely N-dealkylation sites (tertiary alicyclic amines) is 1. The predicted octanol–water partition coefficient (Wildman–Crippen LogP) is 1.10. The standard InChI is InChI=1S/C5H11N.C4H9NO.C2H2/c1-6-4-2-3-5-6;1-3-4(6)5-2;1-2/h2-5H2,1H3;3H2,1-2H3,(H,5,6);1-2H. The Morgan fingerprint density at radius 3 is 1.86 bits per heavy atom. The van der Waals surface area contributed by atoms with Crippen LogP contribution in [0.3, 0.4) is 0 Å². The van der Waals surface area contributed by atoms with E-state index in [4.69, 9.17) is 0 Å². The first-order chi connectivity index (χ1) is 6.70. The molecule has 1 rings (SSSR count). The van der Waals surface area contributed by atoms with E-state index in [0.717, 1.165) is 0 Å². The van der Waals surface area contributed by atoms with Crippen molar-refractivity contribution in [3.63, 3.8) is 0 Å². The van der Waals surface area contributed by atoms with Gasteiger partial charge in [-0.25, -0.2) is 0 Å². The van der Waals surface area contributed by atoms with Crippen LogP contribution in [0.5, 0.6) is 0 Å². The molecule has 0 spiro atoms. The van der Waals surface area contributed by atoms with Crippen LogP contribution in [0.4, 0.5) is 0 Å². The van der Waals surface area contributed by atoms with Gasteiger partial charge in [0.1, 0.15) is 0 Å². The Morgan fingerprint density at radius 2 is 1.79 bits per heavy atom. The molecule has 1 N–H and O–H groups in total. The van der Waals surface area contributed by atoms with Gasteiger partial charge in [0.25, 0.3) is 0 Å². The van der Waals surface area contributed by atoms with Crippen molar-refractivity contribution in [2.45, 2.75) is 26.2 Å². The lowest BCUT2D eigenvalue weighted by atomic mass is 10.4. The SMILES string of the molecule is C#C.CCC(=O)NC.CN1CCCC1. The highest BCUT2D eigenvalue weighted by atomic mass is 16.1. The molecule has 82 valence electrons. The maximum absolute atomic E-state index is 10.1. The van der Waals surface area contributed by atoms with E-state index in [1.165, 1.54) is 25.9 Å². The summed E-state index contributed by atoms with van der Waals surface area (Å²) in [6.07, 6.45) is 11.4. The van der Waals surface area contributed by atoms with Crippen molar-refractivity contribution in [1.29, 1.82) is 0 Å². The van der Waals surface area contributed by atoms with Gasteiger partial charge in [-0.2, -0.15) is 0 Å². The zero-order valence-corrected chi connectivity index (χ0v) is 9.55. The predicted molar refractivity (Wildman–Crippen MR) is 61.0 cm³/mol. The van der Waals surface area contributed by atoms with Crippen molar-refractivity contribution >= 4 is 5.91 Å². The van der Waals surface area contributed by atoms with Gasteiger partial charge in [-0.15, -0.1) is 12.8 Å². The topological polar surface area (TPSA) is 32.3 Å². The van der Waals surface area contributed by atoms with Crippen LogP contribution in [0.2, 0.25) is 0 Å². The van der Waals surface area contributed by atoms with Crippen LogP contribution in [0.15, 0.2) is 0 Å². The minimum Gasteiger partial charge on any atom is -0.359 e. The third-order valence-corrected chi connectivity index (χ3v) is 1.93. The summed E-state index contributed by atoms with van der Waals surface area (Å²) in [5.74, 6) is 0.0926. The van der Waals surface area contributed by atoms with Crippen molar-refractivity contribution in [2.24, 2.45) is 0 Å². The van der Waals surface area contributed by atoms with E-state index in [-0.39, 0.29) is 5.91 Å². The fourth-order valence-corrected chi connectivity index (χ4v) is 1.05. The van der Waals surface area contributed by atoms with Gasteiger partial charge in [-0.05, 0) is 33.0 Å². The molecule has 0 aromatic carbocycles. The van der Waals surface area contributed by atoms with Gasteiger partial charge in [0.15, 0.2) is 0 Å². The van der Waals surface area contributed by atoms with E-state index < -0.39 is 0 Å². The number of nitrogens with one attached hydrogen (secondary N) is 1. The fourth-order valence-electron chi connectivity index (χ4n) is 1.05. The molecule has 14 heavy (non-hydrogen) atoms. The molecule has 1 fully saturated rings. The zero-order chi connectivity index (χ0) is 11.4. The van der Waals surface area contributed by atoms with Crippen LogP contribution in [0, 0.1) is 12.8 Å². The Bertz CT molecular complexity index is 143. The van der Waals surface area contributed by atoms with Gasteiger partial charge in [-0.1, -0.05) is 6.92 Å². The van der Waals surface area contributed by atoms with Gasteiger partial charge in [0.05, 0.1) is 0 Å². The number of nitrogens with zero attached hydrogens (tertiary/aromatic N) is 1. The highest BCUT2D eigenvalue weighted by Crippen LogP contribution is 2.01. The summed E-state index contributed by atoms with van der Waals surface area (Å²) in [5.41, 5.74) is 0. The Labute approximate surface area is 87.9 Å². The third-order valence-electron chi connectivity index (χ3n) is 1.93. The number of amides is 1. The van der Waals surface area contributed by atoms with Crippen LogP contribution in [0.25, 0.3) is 0 Å². The average Bonchev–Trinajstić information content (AvgIpc) is 2.72. The third kappa shape index (κ3) is 11.0. The normalized spacial score (nSPS) is 14.4. The fraction of sp³-hybridized carbons (Fsp3) is 0.727. The molecular formula is C11H22N2O. The van der Waals surface area contributed by atoms with E-state index in [0.29, 0.717) is 6.42 Å². The summed E-state index contributed by atoms with van der Waals surface area (Å²) in [6.45, 7) is 4.46. The second-order valence-corrected chi connectivity index (χ2v) is 3.04. The molecule has 0 atom stereocenters. The van der Waals surface area contributed by atoms with Gasteiger partial charge >= 0.3 is 0 Å². The monoisotopic (exact) mass is 198 g/mol. The number of rotatable bonds is 1. The van der Waals surface area contributed by atoms with E-state index in [2.05, 4.69) is 30.1 Å². The van der Waals surface area contributed by atoms with E-state index >= 15 is 0 Å². The number of terminal acetylenes is 1. The van der Waals surface area contributed by atoms with Crippen molar-refractivity contribution in [1.82, 2.24) is 10.2 Å². The molecule has 0 radical (unpaired) electrons. The van der Waals surface area contributed by atoms with Crippen molar-refractivity contribution in [3.8, 4) is 12.8 Å². The molecule has 0 bridgehead atoms. The second kappa shape index (κ2) is 12.0. The van der Waals surface area contributed by atoms with E-state index in [9.17, 15) is 4.79 Å². The van der Waals surface area contributed by atoms with Gasteiger partial charge in [0, 0.05) is 13.5 Å². The van der Waals surface area contributed by atoms with Crippen LogP contribution in [-0.2, 0) is 4.79 Å². The maximum atomic E-state index is 10.1. The van der Waals surface area contributed by atoms with Crippen molar-refractivity contribution in [2.75, 3.05) is 27.2 Å². The molecule has 0 unspecified atom stereocenters. The summed E-state index contributed by atoms with van der Waals surface area (Å²) in [7, 11) is 3.80. The number of hydrogen-bond acceptors (Lipinski definition) is 2. The first-order valence-corrected chi connectivity index (χ1v) is 4.93. The molecule has 0 aromatic rings. The highest BCUT2D eigenvalue weighted by molar-refractivity contribution is 5.74. The molecular weight excluding hydrogens is 176 g/mol. The van der Waals surface area contributed by atoms with Crippen LogP contribution in [-0.4, -0.2) is 38.0 Å². The lowest BCUT2D eigenvalue weighted by Gasteiger charge is -2.01. The summed E-state index contributed by atoms with van der Waals surface area (Å²) < 4.78 is 0. The number of carbonyl (C=O) groups is 1. The molecule has 0 aromatic heterocycles. The van der Waals surface area contributed by atoms with Gasteiger partial charge in [0.2, 0.25) is 5.91 Å². The second-order valence-electron chi connectivity index (χ2n) is 3.04. The quantitative estimate of drug-likeness (QED) is 0.640. The molecule has 0 saturated carbocycles. The Kier molecular flexibility index (Phi) is 13.2. The molecule has 1 aliphatic rings. The largest absolute Gasteiger partial charge is 0.359 e. The zero-order valence-electron chi connectivity index (χ0n) is 9.55. The lowest BCUT2D eigenvalue weighted by molar-refractivity contribution is -0.120. The van der Waals surface area contributed by atoms with Crippen molar-refractivity contribution < 1.29 is 4.79 Å². The first-order valence-electron chi connectivity index (χ1n) is 4.93. The first kappa shape index (κ1) is 15.5. The Hall–Kier alpha value is -1.01. The minimum absolute atomic E-state index is 0.0926. The Morgan fingerprint density at radius 1 is 1.36 bits per heavy atom. The molecule has 1 heterocycles. The van der Waals surface area contributed by atoms with Crippen LogP contribution < -0.4 is 5.32 Å². The molecule has 0 aliphatic carbocycles. The number of carbonyl (C=O) groups excluding carboxylic acids is 1. The minimum atomic E-state index is 0.0926. The molecule has 1 aliphatic heterocycles. The summed E-state index contributed by atoms with van der Waals surface area (Å²) in [4.78, 5) is 12.4. The summed E-state index contributed by atoms with van der Waals surface area (Å²) >= 11 is 0. The average molecular weight is 198 g/mol. The van der Waals surface area contributed by atoms with Gasteiger partial charge in [-0.3, -0.25) is 4.79 Å². The molecule has 1 saturated heterocycles. The van der Waals surface area contributed by atoms with E-state index in [1.54, 1.807) is 7.05 Å². The summed E-state index contributed by atoms with van der Waals surface area (Å²) in [5, 5.41) is 2.48. The highest BCUT2D eigenvalue weighted by Gasteiger charge is 2.03. The van der Waals surface area contributed by atoms with Crippen LogP contribution in [0.1, 0.15) is 26.2 Å². The molecule has 3 heteroatoms. The molecule has 3 nitrogen and oxygen atoms in total. The van der Waals surface area contributed by atoms with E-state index in [1.807, 2.05) is 6.92 Å². The summed E-state index contributed by atoms with van der Waals surface area (Å²) in [6, 6.07) is 0. The Balaban J connectivity index is 0. The van der Waals surface area contributed by atoms with Gasteiger partial charge < -0.3 is 10.2 Å². The lowest BCUT2D eigenvalue weighted by Crippen LogP contribution is -2.15. The smallest absolute Gasteiger partial charge is 0.219 e. The van der Waals surface area contributed by atoms with Crippen molar-refractivity contribution in [3.05, 3.63) is 0 Å². The number of hydrogen-bond donors (Lipinski definition) is 1.